The van der Waals surface area contributed by atoms with E-state index in [1.807, 2.05) is 87.5 Å². The Labute approximate surface area is 345 Å². The summed E-state index contributed by atoms with van der Waals surface area (Å²) in [6.07, 6.45) is 7.79. The van der Waals surface area contributed by atoms with E-state index >= 15 is 0 Å². The molecule has 0 atom stereocenters. The molecule has 3 heterocycles. The van der Waals surface area contributed by atoms with Crippen molar-refractivity contribution in [2.24, 2.45) is 0 Å². The van der Waals surface area contributed by atoms with Gasteiger partial charge < -0.3 is 20.1 Å². The van der Waals surface area contributed by atoms with Crippen LogP contribution in [0.25, 0.3) is 16.5 Å². The molecule has 3 amide bonds. The predicted octanol–water partition coefficient (Wildman–Crippen LogP) is 8.27. The number of amides is 3. The summed E-state index contributed by atoms with van der Waals surface area (Å²) in [6, 6.07) is 27.9. The number of nitrogens with zero attached hydrogens (tertiary/aromatic N) is 5. The number of aromatic nitrogens is 4. The van der Waals surface area contributed by atoms with Crippen molar-refractivity contribution in [3.63, 3.8) is 0 Å². The number of aryl methyl sites for hydroxylation is 1. The number of fused-ring (bicyclic) bond motifs is 1. The summed E-state index contributed by atoms with van der Waals surface area (Å²) in [5.74, 6) is 4.42. The molecule has 12 nitrogen and oxygen atoms in total. The Kier molecular flexibility index (Phi) is 11.8. The van der Waals surface area contributed by atoms with Gasteiger partial charge in [0.25, 0.3) is 5.91 Å². The van der Waals surface area contributed by atoms with Crippen molar-refractivity contribution in [1.82, 2.24) is 30.0 Å². The van der Waals surface area contributed by atoms with Crippen molar-refractivity contribution in [3.8, 4) is 29.7 Å². The fourth-order valence-corrected chi connectivity index (χ4v) is 7.02. The highest BCUT2D eigenvalue weighted by Crippen LogP contribution is 2.34. The van der Waals surface area contributed by atoms with Crippen molar-refractivity contribution in [1.29, 1.82) is 0 Å². The first-order chi connectivity index (χ1) is 28.2. The molecule has 12 heteroatoms. The van der Waals surface area contributed by atoms with E-state index in [0.717, 1.165) is 46.4 Å². The van der Waals surface area contributed by atoms with E-state index in [1.165, 1.54) is 0 Å². The summed E-state index contributed by atoms with van der Waals surface area (Å²) in [5.41, 5.74) is 4.58. The third-order valence-electron chi connectivity index (χ3n) is 9.98. The van der Waals surface area contributed by atoms with E-state index in [2.05, 4.69) is 52.5 Å². The van der Waals surface area contributed by atoms with Crippen LogP contribution in [0.5, 0.6) is 11.6 Å². The van der Waals surface area contributed by atoms with Crippen LogP contribution >= 0.6 is 0 Å². The monoisotopic (exact) mass is 790 g/mol. The van der Waals surface area contributed by atoms with Crippen LogP contribution < -0.4 is 20.7 Å². The zero-order valence-electron chi connectivity index (χ0n) is 34.4. The lowest BCUT2D eigenvalue weighted by atomic mass is 9.92. The van der Waals surface area contributed by atoms with Gasteiger partial charge in [-0.2, -0.15) is 10.1 Å². The van der Waals surface area contributed by atoms with Gasteiger partial charge in [0.1, 0.15) is 17.4 Å². The van der Waals surface area contributed by atoms with Crippen molar-refractivity contribution in [3.05, 3.63) is 131 Å². The van der Waals surface area contributed by atoms with Crippen LogP contribution in [0.4, 0.5) is 16.3 Å². The Morgan fingerprint density at radius 3 is 2.37 bits per heavy atom. The Morgan fingerprint density at radius 1 is 0.898 bits per heavy atom. The molecule has 1 aliphatic heterocycles. The van der Waals surface area contributed by atoms with Crippen molar-refractivity contribution < 1.29 is 19.1 Å². The molecule has 1 fully saturated rings. The van der Waals surface area contributed by atoms with Gasteiger partial charge in [-0.25, -0.2) is 14.5 Å². The highest BCUT2D eigenvalue weighted by atomic mass is 16.5. The number of urea groups is 1. The number of benzene rings is 4. The molecule has 0 radical (unpaired) electrons. The molecule has 0 spiro atoms. The van der Waals surface area contributed by atoms with Gasteiger partial charge in [0.15, 0.2) is 0 Å². The number of anilines is 2. The first-order valence-electron chi connectivity index (χ1n) is 19.7. The molecular formula is C47H50N8O4. The highest BCUT2D eigenvalue weighted by Gasteiger charge is 2.26. The number of carbonyl (C=O) groups excluding carboxylic acids is 2. The standard InChI is InChI=1S/C47H50N8O4/c1-8-32-25-33(27-34(26-32)44(56)52-47(6,7)30-54-21-23-58-24-22-54)28-41-48-20-19-43(50-41)59-39-18-17-38(36-11-9-10-12-37(36)39)49-45(57)51-42-29-40(46(3,4)5)53-55(42)35-15-13-31(2)14-16-35/h1,9-20,25-27,29H,21-24,28,30H2,2-7H3,(H,52,56)(H2,49,51,57). The van der Waals surface area contributed by atoms with Gasteiger partial charge in [-0.1, -0.05) is 68.7 Å². The van der Waals surface area contributed by atoms with Crippen LogP contribution in [0.3, 0.4) is 0 Å². The first-order valence-corrected chi connectivity index (χ1v) is 19.7. The fourth-order valence-electron chi connectivity index (χ4n) is 7.02. The Morgan fingerprint density at radius 2 is 1.64 bits per heavy atom. The third kappa shape index (κ3) is 10.1. The van der Waals surface area contributed by atoms with E-state index in [4.69, 9.17) is 26.0 Å². The minimum atomic E-state index is -0.469. The molecule has 0 unspecified atom stereocenters. The summed E-state index contributed by atoms with van der Waals surface area (Å²) in [4.78, 5) is 38.6. The van der Waals surface area contributed by atoms with Crippen LogP contribution in [0.1, 0.15) is 73.2 Å². The smallest absolute Gasteiger partial charge is 0.324 e. The SMILES string of the molecule is C#Cc1cc(Cc2nccc(Oc3ccc(NC(=O)Nc4cc(C(C)(C)C)nn4-c4ccc(C)cc4)c4ccccc34)n2)cc(C(=O)NC(C)(C)CN2CCOCC2)c1. The maximum atomic E-state index is 13.6. The summed E-state index contributed by atoms with van der Waals surface area (Å²) in [5, 5.41) is 15.6. The number of rotatable bonds is 11. The van der Waals surface area contributed by atoms with Crippen molar-refractivity contribution >= 4 is 34.2 Å². The third-order valence-corrected chi connectivity index (χ3v) is 9.98. The molecular weight excluding hydrogens is 741 g/mol. The predicted molar refractivity (Wildman–Crippen MR) is 232 cm³/mol. The van der Waals surface area contributed by atoms with Gasteiger partial charge in [0.05, 0.1) is 30.3 Å². The number of nitrogens with one attached hydrogen (secondary N) is 3. The molecule has 302 valence electrons. The van der Waals surface area contributed by atoms with Gasteiger partial charge in [-0.15, -0.1) is 6.42 Å². The molecule has 0 bridgehead atoms. The Hall–Kier alpha value is -6.55. The first kappa shape index (κ1) is 40.6. The number of morpholine rings is 1. The topological polar surface area (TPSA) is 136 Å². The molecule has 1 saturated heterocycles. The highest BCUT2D eigenvalue weighted by molar-refractivity contribution is 6.07. The fraction of sp³-hybridized carbons (Fsp3) is 0.298. The number of hydrogen-bond donors (Lipinski definition) is 3. The minimum Gasteiger partial charge on any atom is -0.438 e. The molecule has 4 aromatic carbocycles. The van der Waals surface area contributed by atoms with Gasteiger partial charge in [0.2, 0.25) is 5.88 Å². The van der Waals surface area contributed by atoms with Gasteiger partial charge in [0, 0.05) is 77.2 Å². The second-order valence-corrected chi connectivity index (χ2v) is 16.5. The van der Waals surface area contributed by atoms with Crippen molar-refractivity contribution in [2.45, 2.75) is 58.9 Å². The average molecular weight is 791 g/mol. The average Bonchev–Trinajstić information content (AvgIpc) is 3.63. The normalized spacial score (nSPS) is 13.4. The van der Waals surface area contributed by atoms with Crippen LogP contribution in [0, 0.1) is 19.3 Å². The van der Waals surface area contributed by atoms with Crippen LogP contribution in [-0.4, -0.2) is 75.0 Å². The van der Waals surface area contributed by atoms with E-state index in [-0.39, 0.29) is 11.3 Å². The van der Waals surface area contributed by atoms with Gasteiger partial charge in [-0.05, 0) is 68.8 Å². The van der Waals surface area contributed by atoms with E-state index in [0.29, 0.717) is 66.3 Å². The molecule has 59 heavy (non-hydrogen) atoms. The number of carbonyl (C=O) groups is 2. The summed E-state index contributed by atoms with van der Waals surface area (Å²) in [6.45, 7) is 16.1. The molecule has 0 aliphatic carbocycles. The molecule has 1 aliphatic rings. The lowest BCUT2D eigenvalue weighted by molar-refractivity contribution is 0.0269. The number of ether oxygens (including phenoxy) is 2. The number of terminal acetylenes is 1. The lowest BCUT2D eigenvalue weighted by Crippen LogP contribution is -2.53. The summed E-state index contributed by atoms with van der Waals surface area (Å²) < 4.78 is 13.6. The molecule has 7 rings (SSSR count). The maximum Gasteiger partial charge on any atom is 0.324 e. The minimum absolute atomic E-state index is 0.203. The number of hydrogen-bond acceptors (Lipinski definition) is 8. The van der Waals surface area contributed by atoms with Gasteiger partial charge >= 0.3 is 6.03 Å². The second-order valence-electron chi connectivity index (χ2n) is 16.5. The summed E-state index contributed by atoms with van der Waals surface area (Å²) in [7, 11) is 0. The summed E-state index contributed by atoms with van der Waals surface area (Å²) >= 11 is 0. The molecule has 0 saturated carbocycles. The Balaban J connectivity index is 1.06. The lowest BCUT2D eigenvalue weighted by Gasteiger charge is -2.35. The quantitative estimate of drug-likeness (QED) is 0.112. The second kappa shape index (κ2) is 17.1. The molecule has 6 aromatic rings. The zero-order chi connectivity index (χ0) is 41.7. The van der Waals surface area contributed by atoms with E-state index in [9.17, 15) is 9.59 Å². The largest absolute Gasteiger partial charge is 0.438 e. The van der Waals surface area contributed by atoms with Crippen molar-refractivity contribution in [2.75, 3.05) is 43.5 Å². The van der Waals surface area contributed by atoms with Gasteiger partial charge in [-0.3, -0.25) is 15.0 Å². The van der Waals surface area contributed by atoms with Crippen LogP contribution in [0.2, 0.25) is 0 Å². The molecule has 2 aromatic heterocycles. The van der Waals surface area contributed by atoms with E-state index in [1.54, 1.807) is 35.1 Å². The Bertz CT molecular complexity index is 2530. The zero-order valence-corrected chi connectivity index (χ0v) is 34.4. The molecule has 3 N–H and O–H groups in total. The van der Waals surface area contributed by atoms with Crippen LogP contribution in [0.15, 0.2) is 97.2 Å². The van der Waals surface area contributed by atoms with Crippen LogP contribution in [-0.2, 0) is 16.6 Å². The van der Waals surface area contributed by atoms with E-state index < -0.39 is 11.6 Å². The maximum absolute atomic E-state index is 13.6.